The predicted molar refractivity (Wildman–Crippen MR) is 58.7 cm³/mol. The van der Waals surface area contributed by atoms with E-state index in [1.54, 1.807) is 0 Å². The van der Waals surface area contributed by atoms with E-state index in [-0.39, 0.29) is 0 Å². The molecule has 1 rings (SSSR count). The van der Waals surface area contributed by atoms with Crippen LogP contribution in [0.25, 0.3) is 6.08 Å². The Labute approximate surface area is 80.4 Å². The maximum Gasteiger partial charge on any atom is 0.0436 e. The second kappa shape index (κ2) is 3.65. The van der Waals surface area contributed by atoms with Crippen molar-refractivity contribution in [3.8, 4) is 0 Å². The fraction of sp³-hybridized carbons (Fsp3) is 0.333. The summed E-state index contributed by atoms with van der Waals surface area (Å²) in [5, 5.41) is 0. The van der Waals surface area contributed by atoms with E-state index in [1.165, 1.54) is 16.8 Å². The minimum absolute atomic E-state index is 1.08. The van der Waals surface area contributed by atoms with E-state index in [4.69, 9.17) is 0 Å². The number of rotatable bonds is 2. The van der Waals surface area contributed by atoms with Crippen LogP contribution in [0.2, 0.25) is 0 Å². The second-order valence-electron chi connectivity index (χ2n) is 3.61. The van der Waals surface area contributed by atoms with Gasteiger partial charge in [0.05, 0.1) is 0 Å². The SMILES string of the molecule is C=C(C)/C=C\c1c(C)c(C)cn1C. The zero-order valence-corrected chi connectivity index (χ0v) is 8.89. The normalized spacial score (nSPS) is 11.1. The van der Waals surface area contributed by atoms with Crippen LogP contribution in [0.4, 0.5) is 0 Å². The summed E-state index contributed by atoms with van der Waals surface area (Å²) in [5.74, 6) is 0. The molecule has 1 aromatic heterocycles. The molecule has 0 amide bonds. The zero-order valence-electron chi connectivity index (χ0n) is 8.89. The van der Waals surface area contributed by atoms with E-state index >= 15 is 0 Å². The van der Waals surface area contributed by atoms with Crippen LogP contribution in [0.3, 0.4) is 0 Å². The Morgan fingerprint density at radius 2 is 2.08 bits per heavy atom. The van der Waals surface area contributed by atoms with Gasteiger partial charge in [-0.1, -0.05) is 18.2 Å². The molecule has 70 valence electrons. The molecule has 0 N–H and O–H groups in total. The van der Waals surface area contributed by atoms with Crippen molar-refractivity contribution >= 4 is 6.08 Å². The molecule has 1 heteroatoms. The monoisotopic (exact) mass is 175 g/mol. The van der Waals surface area contributed by atoms with Crippen LogP contribution in [0.15, 0.2) is 24.4 Å². The summed E-state index contributed by atoms with van der Waals surface area (Å²) in [4.78, 5) is 0. The number of allylic oxidation sites excluding steroid dienone is 2. The number of aryl methyl sites for hydroxylation is 2. The second-order valence-corrected chi connectivity index (χ2v) is 3.61. The lowest BCUT2D eigenvalue weighted by molar-refractivity contribution is 0.909. The van der Waals surface area contributed by atoms with Gasteiger partial charge in [-0.2, -0.15) is 0 Å². The van der Waals surface area contributed by atoms with Gasteiger partial charge >= 0.3 is 0 Å². The molecule has 1 aromatic rings. The van der Waals surface area contributed by atoms with Gasteiger partial charge in [0.2, 0.25) is 0 Å². The molecule has 0 saturated carbocycles. The molecule has 0 fully saturated rings. The van der Waals surface area contributed by atoms with Gasteiger partial charge in [-0.3, -0.25) is 0 Å². The molecule has 0 aliphatic rings. The average molecular weight is 175 g/mol. The molecule has 0 saturated heterocycles. The van der Waals surface area contributed by atoms with Gasteiger partial charge in [0.1, 0.15) is 0 Å². The van der Waals surface area contributed by atoms with Gasteiger partial charge in [-0.25, -0.2) is 0 Å². The number of hydrogen-bond donors (Lipinski definition) is 0. The first-order chi connectivity index (χ1) is 6.02. The smallest absolute Gasteiger partial charge is 0.0436 e. The van der Waals surface area contributed by atoms with Crippen LogP contribution in [-0.4, -0.2) is 4.57 Å². The van der Waals surface area contributed by atoms with Gasteiger partial charge in [0.25, 0.3) is 0 Å². The summed E-state index contributed by atoms with van der Waals surface area (Å²) in [6.45, 7) is 10.1. The maximum absolute atomic E-state index is 3.84. The minimum Gasteiger partial charge on any atom is -0.351 e. The quantitative estimate of drug-likeness (QED) is 0.608. The van der Waals surface area contributed by atoms with Crippen LogP contribution < -0.4 is 0 Å². The first kappa shape index (κ1) is 9.85. The van der Waals surface area contributed by atoms with Crippen molar-refractivity contribution in [2.24, 2.45) is 7.05 Å². The lowest BCUT2D eigenvalue weighted by Crippen LogP contribution is -1.88. The highest BCUT2D eigenvalue weighted by Gasteiger charge is 2.02. The summed E-state index contributed by atoms with van der Waals surface area (Å²) < 4.78 is 2.14. The summed E-state index contributed by atoms with van der Waals surface area (Å²) in [6.07, 6.45) is 6.31. The summed E-state index contributed by atoms with van der Waals surface area (Å²) in [6, 6.07) is 0. The highest BCUT2D eigenvalue weighted by atomic mass is 14.9. The van der Waals surface area contributed by atoms with E-state index < -0.39 is 0 Å². The average Bonchev–Trinajstić information content (AvgIpc) is 2.24. The van der Waals surface area contributed by atoms with E-state index in [0.29, 0.717) is 0 Å². The highest BCUT2D eigenvalue weighted by Crippen LogP contribution is 2.16. The van der Waals surface area contributed by atoms with Crippen LogP contribution in [0.5, 0.6) is 0 Å². The van der Waals surface area contributed by atoms with E-state index in [2.05, 4.69) is 44.3 Å². The third-order valence-corrected chi connectivity index (χ3v) is 2.27. The fourth-order valence-corrected chi connectivity index (χ4v) is 1.39. The largest absolute Gasteiger partial charge is 0.351 e. The summed E-state index contributed by atoms with van der Waals surface area (Å²) in [5.41, 5.74) is 5.03. The Morgan fingerprint density at radius 3 is 2.46 bits per heavy atom. The Kier molecular flexibility index (Phi) is 2.76. The fourth-order valence-electron chi connectivity index (χ4n) is 1.39. The van der Waals surface area contributed by atoms with Crippen LogP contribution in [0, 0.1) is 13.8 Å². The van der Waals surface area contributed by atoms with Gasteiger partial charge in [0, 0.05) is 18.9 Å². The molecule has 0 aromatic carbocycles. The molecule has 1 nitrogen and oxygen atoms in total. The molecule has 0 radical (unpaired) electrons. The number of nitrogens with zero attached hydrogens (tertiary/aromatic N) is 1. The number of aromatic nitrogens is 1. The van der Waals surface area contributed by atoms with Gasteiger partial charge in [-0.05, 0) is 38.0 Å². The summed E-state index contributed by atoms with van der Waals surface area (Å²) in [7, 11) is 2.07. The Bertz CT molecular complexity index is 353. The third-order valence-electron chi connectivity index (χ3n) is 2.27. The molecule has 0 spiro atoms. The molecule has 0 aliphatic heterocycles. The molecular weight excluding hydrogens is 158 g/mol. The van der Waals surface area contributed by atoms with Gasteiger partial charge < -0.3 is 4.57 Å². The van der Waals surface area contributed by atoms with Crippen LogP contribution in [0.1, 0.15) is 23.7 Å². The molecule has 0 bridgehead atoms. The van der Waals surface area contributed by atoms with Crippen molar-refractivity contribution in [1.82, 2.24) is 4.57 Å². The van der Waals surface area contributed by atoms with Crippen molar-refractivity contribution in [3.05, 3.63) is 41.2 Å². The predicted octanol–water partition coefficient (Wildman–Crippen LogP) is 3.23. The third kappa shape index (κ3) is 2.11. The lowest BCUT2D eigenvalue weighted by atomic mass is 10.1. The molecule has 1 heterocycles. The van der Waals surface area contributed by atoms with Crippen molar-refractivity contribution in [1.29, 1.82) is 0 Å². The van der Waals surface area contributed by atoms with Crippen molar-refractivity contribution in [2.75, 3.05) is 0 Å². The zero-order chi connectivity index (χ0) is 10.0. The molecule has 0 atom stereocenters. The minimum atomic E-state index is 1.08. The van der Waals surface area contributed by atoms with Crippen LogP contribution >= 0.6 is 0 Å². The van der Waals surface area contributed by atoms with Crippen molar-refractivity contribution < 1.29 is 0 Å². The molecular formula is C12H17N. The van der Waals surface area contributed by atoms with Gasteiger partial charge in [0.15, 0.2) is 0 Å². The first-order valence-corrected chi connectivity index (χ1v) is 4.48. The van der Waals surface area contributed by atoms with E-state index in [0.717, 1.165) is 5.57 Å². The molecule has 0 aliphatic carbocycles. The highest BCUT2D eigenvalue weighted by molar-refractivity contribution is 5.55. The standard InChI is InChI=1S/C12H17N/c1-9(2)6-7-12-11(4)10(3)8-13(12)5/h6-8H,1H2,2-5H3/b7-6-. The van der Waals surface area contributed by atoms with Crippen molar-refractivity contribution in [3.63, 3.8) is 0 Å². The molecule has 0 unspecified atom stereocenters. The van der Waals surface area contributed by atoms with E-state index in [1.807, 2.05) is 13.0 Å². The Balaban J connectivity index is 3.07. The topological polar surface area (TPSA) is 4.93 Å². The van der Waals surface area contributed by atoms with Crippen molar-refractivity contribution in [2.45, 2.75) is 20.8 Å². The Hall–Kier alpha value is -1.24. The summed E-state index contributed by atoms with van der Waals surface area (Å²) >= 11 is 0. The van der Waals surface area contributed by atoms with E-state index in [9.17, 15) is 0 Å². The maximum atomic E-state index is 3.84. The van der Waals surface area contributed by atoms with Gasteiger partial charge in [-0.15, -0.1) is 0 Å². The number of hydrogen-bond acceptors (Lipinski definition) is 0. The lowest BCUT2D eigenvalue weighted by Gasteiger charge is -1.98. The van der Waals surface area contributed by atoms with Crippen LogP contribution in [-0.2, 0) is 7.05 Å². The Morgan fingerprint density at radius 1 is 1.46 bits per heavy atom. The first-order valence-electron chi connectivity index (χ1n) is 4.48. The molecule has 13 heavy (non-hydrogen) atoms.